The van der Waals surface area contributed by atoms with Crippen molar-refractivity contribution in [1.82, 2.24) is 10.3 Å². The van der Waals surface area contributed by atoms with E-state index in [1.807, 2.05) is 0 Å². The molecule has 4 nitrogen and oxygen atoms in total. The third kappa shape index (κ3) is 3.30. The van der Waals surface area contributed by atoms with E-state index in [0.29, 0.717) is 12.2 Å². The second-order valence-corrected chi connectivity index (χ2v) is 5.60. The molecular weight excluding hydrogens is 276 g/mol. The Hall–Kier alpha value is -1.13. The standard InChI is InChI=1S/C15H21ClN2O2/c1-3-15(4-2)10-11(7-9-20-15)18-14(19)12-6-5-8-17-13(12)16/h5-6,8,11H,3-4,7,9-10H2,1-2H3,(H,18,19). The monoisotopic (exact) mass is 296 g/mol. The van der Waals surface area contributed by atoms with Gasteiger partial charge < -0.3 is 10.1 Å². The van der Waals surface area contributed by atoms with E-state index in [1.54, 1.807) is 18.3 Å². The van der Waals surface area contributed by atoms with Crippen LogP contribution in [-0.4, -0.2) is 29.1 Å². The van der Waals surface area contributed by atoms with Gasteiger partial charge in [0.2, 0.25) is 0 Å². The summed E-state index contributed by atoms with van der Waals surface area (Å²) < 4.78 is 5.92. The highest BCUT2D eigenvalue weighted by Gasteiger charge is 2.35. The summed E-state index contributed by atoms with van der Waals surface area (Å²) in [4.78, 5) is 16.2. The van der Waals surface area contributed by atoms with Crippen LogP contribution >= 0.6 is 11.6 Å². The molecule has 5 heteroatoms. The van der Waals surface area contributed by atoms with Crippen molar-refractivity contribution in [3.63, 3.8) is 0 Å². The maximum atomic E-state index is 12.2. The lowest BCUT2D eigenvalue weighted by atomic mass is 9.86. The molecule has 2 rings (SSSR count). The molecule has 0 aliphatic carbocycles. The van der Waals surface area contributed by atoms with E-state index in [-0.39, 0.29) is 22.7 Å². The largest absolute Gasteiger partial charge is 0.375 e. The molecule has 1 aromatic heterocycles. The van der Waals surface area contributed by atoms with Crippen molar-refractivity contribution in [2.45, 2.75) is 51.2 Å². The molecule has 20 heavy (non-hydrogen) atoms. The zero-order valence-electron chi connectivity index (χ0n) is 12.0. The van der Waals surface area contributed by atoms with Crippen LogP contribution < -0.4 is 5.32 Å². The number of amides is 1. The van der Waals surface area contributed by atoms with Crippen LogP contribution in [0.2, 0.25) is 5.15 Å². The highest BCUT2D eigenvalue weighted by molar-refractivity contribution is 6.32. The van der Waals surface area contributed by atoms with Crippen molar-refractivity contribution in [3.05, 3.63) is 29.0 Å². The van der Waals surface area contributed by atoms with Crippen molar-refractivity contribution in [2.75, 3.05) is 6.61 Å². The summed E-state index contributed by atoms with van der Waals surface area (Å²) in [6.07, 6.45) is 5.19. The van der Waals surface area contributed by atoms with Crippen molar-refractivity contribution >= 4 is 17.5 Å². The highest BCUT2D eigenvalue weighted by Crippen LogP contribution is 2.31. The van der Waals surface area contributed by atoms with Gasteiger partial charge in [-0.05, 0) is 37.8 Å². The van der Waals surface area contributed by atoms with Crippen LogP contribution in [0.4, 0.5) is 0 Å². The lowest BCUT2D eigenvalue weighted by Crippen LogP contribution is -2.48. The summed E-state index contributed by atoms with van der Waals surface area (Å²) in [6.45, 7) is 4.95. The Labute approximate surface area is 124 Å². The van der Waals surface area contributed by atoms with Crippen molar-refractivity contribution in [3.8, 4) is 0 Å². The number of halogens is 1. The van der Waals surface area contributed by atoms with Gasteiger partial charge in [-0.25, -0.2) is 4.98 Å². The number of hydrogen-bond donors (Lipinski definition) is 1. The molecule has 1 unspecified atom stereocenters. The van der Waals surface area contributed by atoms with E-state index >= 15 is 0 Å². The maximum Gasteiger partial charge on any atom is 0.254 e. The van der Waals surface area contributed by atoms with Crippen molar-refractivity contribution in [2.24, 2.45) is 0 Å². The van der Waals surface area contributed by atoms with Gasteiger partial charge in [-0.2, -0.15) is 0 Å². The van der Waals surface area contributed by atoms with Crippen LogP contribution in [0.15, 0.2) is 18.3 Å². The molecule has 1 fully saturated rings. The van der Waals surface area contributed by atoms with Crippen molar-refractivity contribution < 1.29 is 9.53 Å². The second kappa shape index (κ2) is 6.55. The van der Waals surface area contributed by atoms with Gasteiger partial charge in [-0.1, -0.05) is 25.4 Å². The molecule has 0 aromatic carbocycles. The fraction of sp³-hybridized carbons (Fsp3) is 0.600. The first-order chi connectivity index (χ1) is 9.60. The van der Waals surface area contributed by atoms with Gasteiger partial charge >= 0.3 is 0 Å². The van der Waals surface area contributed by atoms with Gasteiger partial charge in [0.1, 0.15) is 5.15 Å². The van der Waals surface area contributed by atoms with Gasteiger partial charge in [-0.3, -0.25) is 4.79 Å². The normalized spacial score (nSPS) is 21.4. The molecule has 0 bridgehead atoms. The zero-order valence-corrected chi connectivity index (χ0v) is 12.7. The third-order valence-corrected chi connectivity index (χ3v) is 4.42. The first kappa shape index (κ1) is 15.3. The van der Waals surface area contributed by atoms with E-state index in [4.69, 9.17) is 16.3 Å². The Balaban J connectivity index is 2.03. The number of carbonyl (C=O) groups is 1. The van der Waals surface area contributed by atoms with Crippen LogP contribution in [0.25, 0.3) is 0 Å². The van der Waals surface area contributed by atoms with E-state index in [2.05, 4.69) is 24.1 Å². The molecule has 1 amide bonds. The molecule has 1 atom stereocenters. The summed E-state index contributed by atoms with van der Waals surface area (Å²) in [5.74, 6) is -0.156. The summed E-state index contributed by atoms with van der Waals surface area (Å²) in [6, 6.07) is 3.54. The molecule has 0 saturated carbocycles. The Morgan fingerprint density at radius 2 is 2.30 bits per heavy atom. The minimum Gasteiger partial charge on any atom is -0.375 e. The summed E-state index contributed by atoms with van der Waals surface area (Å²) in [5.41, 5.74) is 0.328. The topological polar surface area (TPSA) is 51.2 Å². The number of pyridine rings is 1. The molecular formula is C15H21ClN2O2. The fourth-order valence-electron chi connectivity index (χ4n) is 2.71. The van der Waals surface area contributed by atoms with Gasteiger partial charge in [0.25, 0.3) is 5.91 Å². The van der Waals surface area contributed by atoms with Crippen LogP contribution in [0.3, 0.4) is 0 Å². The quantitative estimate of drug-likeness (QED) is 0.868. The lowest BCUT2D eigenvalue weighted by Gasteiger charge is -2.40. The smallest absolute Gasteiger partial charge is 0.254 e. The molecule has 1 N–H and O–H groups in total. The van der Waals surface area contributed by atoms with Gasteiger partial charge in [0.15, 0.2) is 0 Å². The summed E-state index contributed by atoms with van der Waals surface area (Å²) in [7, 11) is 0. The average molecular weight is 297 g/mol. The first-order valence-corrected chi connectivity index (χ1v) is 7.53. The lowest BCUT2D eigenvalue weighted by molar-refractivity contribution is -0.0917. The van der Waals surface area contributed by atoms with Gasteiger partial charge in [0.05, 0.1) is 11.2 Å². The molecule has 2 heterocycles. The van der Waals surface area contributed by atoms with Gasteiger partial charge in [0, 0.05) is 18.8 Å². The van der Waals surface area contributed by atoms with E-state index in [1.165, 1.54) is 0 Å². The molecule has 0 spiro atoms. The zero-order chi connectivity index (χ0) is 14.6. The molecule has 0 radical (unpaired) electrons. The molecule has 1 saturated heterocycles. The molecule has 1 aromatic rings. The fourth-order valence-corrected chi connectivity index (χ4v) is 2.92. The number of rotatable bonds is 4. The Morgan fingerprint density at radius 3 is 2.95 bits per heavy atom. The summed E-state index contributed by atoms with van der Waals surface area (Å²) in [5, 5.41) is 3.30. The number of nitrogens with one attached hydrogen (secondary N) is 1. The number of ether oxygens (including phenoxy) is 1. The number of carbonyl (C=O) groups excluding carboxylic acids is 1. The predicted octanol–water partition coefficient (Wildman–Crippen LogP) is 3.20. The Kier molecular flexibility index (Phi) is 5.00. The summed E-state index contributed by atoms with van der Waals surface area (Å²) >= 11 is 5.95. The van der Waals surface area contributed by atoms with Crippen molar-refractivity contribution in [1.29, 1.82) is 0 Å². The minimum atomic E-state index is -0.156. The molecule has 1 aliphatic heterocycles. The van der Waals surface area contributed by atoms with Crippen LogP contribution in [0.1, 0.15) is 49.9 Å². The average Bonchev–Trinajstić information content (AvgIpc) is 2.47. The van der Waals surface area contributed by atoms with Crippen LogP contribution in [-0.2, 0) is 4.74 Å². The molecule has 1 aliphatic rings. The maximum absolute atomic E-state index is 12.2. The first-order valence-electron chi connectivity index (χ1n) is 7.15. The number of nitrogens with zero attached hydrogens (tertiary/aromatic N) is 1. The Bertz CT molecular complexity index is 475. The minimum absolute atomic E-state index is 0.102. The highest BCUT2D eigenvalue weighted by atomic mass is 35.5. The number of aromatic nitrogens is 1. The van der Waals surface area contributed by atoms with Crippen LogP contribution in [0.5, 0.6) is 0 Å². The SMILES string of the molecule is CCC1(CC)CC(NC(=O)c2cccnc2Cl)CCO1. The number of hydrogen-bond acceptors (Lipinski definition) is 3. The second-order valence-electron chi connectivity index (χ2n) is 5.24. The van der Waals surface area contributed by atoms with Gasteiger partial charge in [-0.15, -0.1) is 0 Å². The van der Waals surface area contributed by atoms with E-state index in [9.17, 15) is 4.79 Å². The Morgan fingerprint density at radius 1 is 1.55 bits per heavy atom. The van der Waals surface area contributed by atoms with E-state index < -0.39 is 0 Å². The predicted molar refractivity (Wildman–Crippen MR) is 79.0 cm³/mol. The van der Waals surface area contributed by atoms with E-state index in [0.717, 1.165) is 25.7 Å². The third-order valence-electron chi connectivity index (χ3n) is 4.12. The van der Waals surface area contributed by atoms with Crippen LogP contribution in [0, 0.1) is 0 Å². The molecule has 110 valence electrons.